The van der Waals surface area contributed by atoms with Crippen molar-refractivity contribution in [3.63, 3.8) is 0 Å². The Hall–Kier alpha value is -1.93. The molecule has 8 nitrogen and oxygen atoms in total. The summed E-state index contributed by atoms with van der Waals surface area (Å²) in [6.45, 7) is 4.06. The molecule has 2 fully saturated rings. The van der Waals surface area contributed by atoms with Crippen LogP contribution in [0.4, 0.5) is 5.95 Å². The second-order valence-electron chi connectivity index (χ2n) is 7.61. The van der Waals surface area contributed by atoms with Crippen molar-refractivity contribution in [1.29, 1.82) is 0 Å². The van der Waals surface area contributed by atoms with Crippen LogP contribution >= 0.6 is 0 Å². The van der Waals surface area contributed by atoms with E-state index in [1.807, 2.05) is 33.0 Å². The average Bonchev–Trinajstić information content (AvgIpc) is 3.22. The number of anilines is 1. The Morgan fingerprint density at radius 3 is 2.77 bits per heavy atom. The monoisotopic (exact) mass is 363 g/mol. The number of nitrogens with zero attached hydrogens (tertiary/aromatic N) is 4. The normalized spacial score (nSPS) is 25.9. The number of aromatic amines is 1. The third kappa shape index (κ3) is 4.24. The lowest BCUT2D eigenvalue weighted by Crippen LogP contribution is -2.40. The van der Waals surface area contributed by atoms with Crippen LogP contribution in [0.2, 0.25) is 0 Å². The Kier molecular flexibility index (Phi) is 5.62. The molecule has 144 valence electrons. The van der Waals surface area contributed by atoms with Crippen LogP contribution in [0, 0.1) is 0 Å². The number of hydrogen-bond donors (Lipinski definition) is 1. The van der Waals surface area contributed by atoms with Gasteiger partial charge in [-0.05, 0) is 33.2 Å². The van der Waals surface area contributed by atoms with Crippen molar-refractivity contribution in [3.05, 3.63) is 22.1 Å². The summed E-state index contributed by atoms with van der Waals surface area (Å²) >= 11 is 0. The molecule has 1 N–H and O–H groups in total. The van der Waals surface area contributed by atoms with Crippen molar-refractivity contribution in [1.82, 2.24) is 19.8 Å². The minimum Gasteiger partial charge on any atom is -0.365 e. The highest BCUT2D eigenvalue weighted by molar-refractivity contribution is 5.81. The van der Waals surface area contributed by atoms with E-state index >= 15 is 0 Å². The SMILES string of the molecule is C[C@@H]1CC[C@@H](C(=O)N2CC[C@@H](N(C)Cc3cc(=O)[nH]c(N(C)C)n3)C2)O1. The molecule has 0 spiro atoms. The highest BCUT2D eigenvalue weighted by Gasteiger charge is 2.36. The molecule has 0 radical (unpaired) electrons. The van der Waals surface area contributed by atoms with Crippen molar-refractivity contribution in [2.75, 3.05) is 39.1 Å². The maximum absolute atomic E-state index is 12.6. The van der Waals surface area contributed by atoms with E-state index in [0.29, 0.717) is 19.0 Å². The zero-order valence-electron chi connectivity index (χ0n) is 16.1. The first-order valence-corrected chi connectivity index (χ1v) is 9.25. The van der Waals surface area contributed by atoms with Crippen molar-refractivity contribution in [2.24, 2.45) is 0 Å². The quantitative estimate of drug-likeness (QED) is 0.817. The number of ether oxygens (including phenoxy) is 1. The average molecular weight is 363 g/mol. The molecule has 0 aromatic carbocycles. The van der Waals surface area contributed by atoms with E-state index in [4.69, 9.17) is 4.74 Å². The summed E-state index contributed by atoms with van der Waals surface area (Å²) < 4.78 is 5.72. The zero-order chi connectivity index (χ0) is 18.8. The maximum atomic E-state index is 12.6. The number of carbonyl (C=O) groups is 1. The molecule has 0 saturated carbocycles. The van der Waals surface area contributed by atoms with Crippen LogP contribution in [0.15, 0.2) is 10.9 Å². The van der Waals surface area contributed by atoms with Gasteiger partial charge in [0.25, 0.3) is 11.5 Å². The predicted molar refractivity (Wildman–Crippen MR) is 99.2 cm³/mol. The number of rotatable bonds is 5. The van der Waals surface area contributed by atoms with Crippen LogP contribution < -0.4 is 10.5 Å². The Labute approximate surface area is 154 Å². The Morgan fingerprint density at radius 2 is 2.12 bits per heavy atom. The molecule has 26 heavy (non-hydrogen) atoms. The van der Waals surface area contributed by atoms with Gasteiger partial charge in [-0.25, -0.2) is 4.98 Å². The Balaban J connectivity index is 1.59. The van der Waals surface area contributed by atoms with E-state index in [0.717, 1.165) is 31.5 Å². The number of nitrogens with one attached hydrogen (secondary N) is 1. The van der Waals surface area contributed by atoms with Gasteiger partial charge in [0.1, 0.15) is 6.10 Å². The zero-order valence-corrected chi connectivity index (χ0v) is 16.1. The van der Waals surface area contributed by atoms with Crippen LogP contribution in [-0.4, -0.2) is 78.2 Å². The number of amides is 1. The van der Waals surface area contributed by atoms with Gasteiger partial charge >= 0.3 is 0 Å². The van der Waals surface area contributed by atoms with Gasteiger partial charge in [-0.3, -0.25) is 19.5 Å². The first-order chi connectivity index (χ1) is 12.3. The molecule has 1 aromatic rings. The van der Waals surface area contributed by atoms with Crippen LogP contribution in [0.5, 0.6) is 0 Å². The Bertz CT molecular complexity index is 704. The molecule has 3 heterocycles. The first kappa shape index (κ1) is 18.8. The number of H-pyrrole nitrogens is 1. The summed E-state index contributed by atoms with van der Waals surface area (Å²) in [5.41, 5.74) is 0.584. The minimum atomic E-state index is -0.272. The van der Waals surface area contributed by atoms with E-state index in [-0.39, 0.29) is 29.7 Å². The fraction of sp³-hybridized carbons (Fsp3) is 0.722. The molecular weight excluding hydrogens is 334 g/mol. The number of likely N-dealkylation sites (tertiary alicyclic amines) is 1. The summed E-state index contributed by atoms with van der Waals surface area (Å²) in [6, 6.07) is 1.80. The Morgan fingerprint density at radius 1 is 1.35 bits per heavy atom. The molecule has 1 amide bonds. The summed E-state index contributed by atoms with van der Waals surface area (Å²) in [7, 11) is 5.71. The highest BCUT2D eigenvalue weighted by atomic mass is 16.5. The smallest absolute Gasteiger partial charge is 0.252 e. The summed E-state index contributed by atoms with van der Waals surface area (Å²) in [5, 5.41) is 0. The summed E-state index contributed by atoms with van der Waals surface area (Å²) in [5.74, 6) is 0.672. The molecule has 0 unspecified atom stereocenters. The third-order valence-electron chi connectivity index (χ3n) is 5.22. The first-order valence-electron chi connectivity index (χ1n) is 9.25. The molecule has 0 aliphatic carbocycles. The molecule has 2 saturated heterocycles. The lowest BCUT2D eigenvalue weighted by Gasteiger charge is -2.25. The van der Waals surface area contributed by atoms with Gasteiger partial charge < -0.3 is 14.5 Å². The molecule has 1 aromatic heterocycles. The lowest BCUT2D eigenvalue weighted by atomic mass is 10.2. The standard InChI is InChI=1S/C18H29N5O3/c1-12-5-6-15(26-12)17(25)23-8-7-14(11-23)22(4)10-13-9-16(24)20-18(19-13)21(2)3/h9,12,14-15H,5-8,10-11H2,1-4H3,(H,19,20,24)/t12-,14-,15+/m1/s1. The van der Waals surface area contributed by atoms with Crippen molar-refractivity contribution >= 4 is 11.9 Å². The van der Waals surface area contributed by atoms with E-state index in [1.165, 1.54) is 6.07 Å². The van der Waals surface area contributed by atoms with Crippen LogP contribution in [0.3, 0.4) is 0 Å². The maximum Gasteiger partial charge on any atom is 0.252 e. The topological polar surface area (TPSA) is 81.8 Å². The summed E-state index contributed by atoms with van der Waals surface area (Å²) in [4.78, 5) is 37.5. The van der Waals surface area contributed by atoms with Crippen molar-refractivity contribution < 1.29 is 9.53 Å². The molecule has 2 aliphatic rings. The molecule has 3 rings (SSSR count). The molecule has 8 heteroatoms. The number of carbonyl (C=O) groups excluding carboxylic acids is 1. The number of hydrogen-bond acceptors (Lipinski definition) is 6. The third-order valence-corrected chi connectivity index (χ3v) is 5.22. The lowest BCUT2D eigenvalue weighted by molar-refractivity contribution is -0.141. The second kappa shape index (κ2) is 7.75. The van der Waals surface area contributed by atoms with Crippen LogP contribution in [-0.2, 0) is 16.1 Å². The number of aromatic nitrogens is 2. The largest absolute Gasteiger partial charge is 0.365 e. The molecule has 3 atom stereocenters. The fourth-order valence-electron chi connectivity index (χ4n) is 3.66. The van der Waals surface area contributed by atoms with Gasteiger partial charge in [0, 0.05) is 45.8 Å². The fourth-order valence-corrected chi connectivity index (χ4v) is 3.66. The van der Waals surface area contributed by atoms with E-state index < -0.39 is 0 Å². The van der Waals surface area contributed by atoms with Gasteiger partial charge in [-0.2, -0.15) is 0 Å². The predicted octanol–water partition coefficient (Wildman–Crippen LogP) is 0.436. The molecular formula is C18H29N5O3. The molecule has 0 bridgehead atoms. The van der Waals surface area contributed by atoms with Gasteiger partial charge in [0.2, 0.25) is 5.95 Å². The minimum absolute atomic E-state index is 0.120. The van der Waals surface area contributed by atoms with E-state index in [1.54, 1.807) is 4.90 Å². The highest BCUT2D eigenvalue weighted by Crippen LogP contribution is 2.24. The van der Waals surface area contributed by atoms with Crippen LogP contribution in [0.25, 0.3) is 0 Å². The van der Waals surface area contributed by atoms with Gasteiger partial charge in [0.15, 0.2) is 0 Å². The van der Waals surface area contributed by atoms with Gasteiger partial charge in [-0.1, -0.05) is 0 Å². The van der Waals surface area contributed by atoms with E-state index in [2.05, 4.69) is 14.9 Å². The second-order valence-corrected chi connectivity index (χ2v) is 7.61. The number of likely N-dealkylation sites (N-methyl/N-ethyl adjacent to an activating group) is 1. The van der Waals surface area contributed by atoms with Crippen molar-refractivity contribution in [2.45, 2.75) is 51.0 Å². The van der Waals surface area contributed by atoms with E-state index in [9.17, 15) is 9.59 Å². The van der Waals surface area contributed by atoms with Crippen LogP contribution in [0.1, 0.15) is 31.9 Å². The summed E-state index contributed by atoms with van der Waals surface area (Å²) in [6.07, 6.45) is 2.61. The molecule has 2 aliphatic heterocycles. The van der Waals surface area contributed by atoms with Crippen molar-refractivity contribution in [3.8, 4) is 0 Å². The van der Waals surface area contributed by atoms with Gasteiger partial charge in [-0.15, -0.1) is 0 Å². The van der Waals surface area contributed by atoms with Gasteiger partial charge in [0.05, 0.1) is 11.8 Å².